The molecule has 1 saturated heterocycles. The zero-order chi connectivity index (χ0) is 21.8. The van der Waals surface area contributed by atoms with E-state index in [1.54, 1.807) is 47.4 Å². The molecule has 1 unspecified atom stereocenters. The first-order valence-corrected chi connectivity index (χ1v) is 9.43. The molecule has 0 aliphatic carbocycles. The second-order valence-corrected chi connectivity index (χ2v) is 7.06. The van der Waals surface area contributed by atoms with Gasteiger partial charge in [0.2, 0.25) is 5.91 Å². The fraction of sp³-hybridized carbons (Fsp3) is 0.238. The van der Waals surface area contributed by atoms with E-state index in [4.69, 9.17) is 22.0 Å². The monoisotopic (exact) mass is 409 g/mol. The number of nitrogens with zero attached hydrogens (tertiary/aromatic N) is 1. The third kappa shape index (κ3) is 4.40. The highest BCUT2D eigenvalue weighted by molar-refractivity contribution is 6.03. The summed E-state index contributed by atoms with van der Waals surface area (Å²) in [7, 11) is 0. The molecule has 2 aromatic carbocycles. The van der Waals surface area contributed by atoms with E-state index in [2.05, 4.69) is 5.32 Å². The number of carboxylic acid groups (broad SMARTS) is 1. The second-order valence-electron chi connectivity index (χ2n) is 7.06. The number of urea groups is 1. The van der Waals surface area contributed by atoms with Gasteiger partial charge in [0.1, 0.15) is 5.84 Å². The normalized spacial score (nSPS) is 15.8. The van der Waals surface area contributed by atoms with Gasteiger partial charge >= 0.3 is 12.0 Å². The number of rotatable bonds is 7. The highest BCUT2D eigenvalue weighted by Crippen LogP contribution is 2.37. The van der Waals surface area contributed by atoms with Crippen LogP contribution in [-0.2, 0) is 16.0 Å². The fourth-order valence-corrected chi connectivity index (χ4v) is 3.68. The van der Waals surface area contributed by atoms with Crippen LogP contribution in [0, 0.1) is 5.41 Å². The van der Waals surface area contributed by atoms with Gasteiger partial charge in [0.15, 0.2) is 0 Å². The molecule has 0 radical (unpaired) electrons. The molecule has 0 aromatic heterocycles. The van der Waals surface area contributed by atoms with Crippen molar-refractivity contribution in [2.45, 2.75) is 25.2 Å². The van der Waals surface area contributed by atoms with Crippen LogP contribution in [0.15, 0.2) is 42.5 Å². The van der Waals surface area contributed by atoms with Crippen LogP contribution in [0.2, 0.25) is 0 Å². The minimum Gasteiger partial charge on any atom is -0.481 e. The summed E-state index contributed by atoms with van der Waals surface area (Å²) in [6.45, 7) is 0.484. The van der Waals surface area contributed by atoms with Crippen molar-refractivity contribution < 1.29 is 19.5 Å². The zero-order valence-corrected chi connectivity index (χ0v) is 16.2. The number of hydrogen-bond acceptors (Lipinski definition) is 4. The van der Waals surface area contributed by atoms with E-state index >= 15 is 0 Å². The number of aryl methyl sites for hydroxylation is 1. The van der Waals surface area contributed by atoms with Crippen molar-refractivity contribution in [3.63, 3.8) is 0 Å². The molecular formula is C21H23N5O4. The topological polar surface area (TPSA) is 163 Å². The van der Waals surface area contributed by atoms with Crippen molar-refractivity contribution in [3.8, 4) is 0 Å². The van der Waals surface area contributed by atoms with Crippen LogP contribution in [0.1, 0.15) is 35.4 Å². The van der Waals surface area contributed by atoms with Crippen molar-refractivity contribution in [1.29, 1.82) is 5.41 Å². The highest BCUT2D eigenvalue weighted by Gasteiger charge is 2.35. The summed E-state index contributed by atoms with van der Waals surface area (Å²) in [5.74, 6) is -1.63. The van der Waals surface area contributed by atoms with Gasteiger partial charge in [-0.05, 0) is 48.2 Å². The van der Waals surface area contributed by atoms with Crippen molar-refractivity contribution >= 4 is 35.1 Å². The maximum atomic E-state index is 13.2. The van der Waals surface area contributed by atoms with E-state index in [9.17, 15) is 14.4 Å². The number of benzene rings is 2. The van der Waals surface area contributed by atoms with Crippen LogP contribution in [0.3, 0.4) is 0 Å². The molecule has 0 spiro atoms. The van der Waals surface area contributed by atoms with Gasteiger partial charge in [-0.2, -0.15) is 0 Å². The molecule has 3 rings (SSSR count). The van der Waals surface area contributed by atoms with Gasteiger partial charge in [-0.15, -0.1) is 0 Å². The lowest BCUT2D eigenvalue weighted by Gasteiger charge is -2.20. The van der Waals surface area contributed by atoms with Crippen LogP contribution in [0.25, 0.3) is 0 Å². The van der Waals surface area contributed by atoms with Gasteiger partial charge in [-0.25, -0.2) is 4.79 Å². The number of carboxylic acids is 1. The standard InChI is InChI=1S/C21H23N5O4/c22-19(23)13-4-7-14(8-5-13)26-11-10-16(20(26)29)15-3-1-2-12(6-9-17(27)28)18(15)25-21(24)30/h1-5,7-8,16H,6,9-11H2,(H3,22,23)(H,27,28)(H3,24,25,30). The first kappa shape index (κ1) is 20.8. The Hall–Kier alpha value is -3.88. The summed E-state index contributed by atoms with van der Waals surface area (Å²) in [6, 6.07) is 11.3. The van der Waals surface area contributed by atoms with Crippen LogP contribution < -0.4 is 21.7 Å². The van der Waals surface area contributed by atoms with Gasteiger partial charge < -0.3 is 26.8 Å². The van der Waals surface area contributed by atoms with Gasteiger partial charge in [-0.1, -0.05) is 18.2 Å². The van der Waals surface area contributed by atoms with Crippen LogP contribution in [0.4, 0.5) is 16.2 Å². The number of amides is 3. The molecule has 9 heteroatoms. The smallest absolute Gasteiger partial charge is 0.316 e. The lowest BCUT2D eigenvalue weighted by atomic mass is 9.92. The maximum absolute atomic E-state index is 13.2. The van der Waals surface area contributed by atoms with Gasteiger partial charge in [0.05, 0.1) is 5.92 Å². The number of nitrogen functional groups attached to an aromatic ring is 1. The summed E-state index contributed by atoms with van der Waals surface area (Å²) < 4.78 is 0. The molecule has 0 bridgehead atoms. The highest BCUT2D eigenvalue weighted by atomic mass is 16.4. The number of aliphatic carboxylic acids is 1. The first-order valence-electron chi connectivity index (χ1n) is 9.43. The summed E-state index contributed by atoms with van der Waals surface area (Å²) in [6.07, 6.45) is 0.628. The minimum atomic E-state index is -0.956. The molecule has 1 fully saturated rings. The lowest BCUT2D eigenvalue weighted by molar-refractivity contribution is -0.137. The van der Waals surface area contributed by atoms with Gasteiger partial charge in [-0.3, -0.25) is 15.0 Å². The molecule has 1 atom stereocenters. The van der Waals surface area contributed by atoms with E-state index in [0.29, 0.717) is 41.0 Å². The number of carbonyl (C=O) groups is 3. The van der Waals surface area contributed by atoms with Crippen LogP contribution in [-0.4, -0.2) is 35.4 Å². The Morgan fingerprint density at radius 1 is 1.17 bits per heavy atom. The van der Waals surface area contributed by atoms with Crippen molar-refractivity contribution in [3.05, 3.63) is 59.2 Å². The van der Waals surface area contributed by atoms with E-state index in [0.717, 1.165) is 0 Å². The Morgan fingerprint density at radius 3 is 2.47 bits per heavy atom. The Bertz CT molecular complexity index is 1000. The number of primary amides is 1. The number of nitrogens with one attached hydrogen (secondary N) is 2. The molecule has 2 aromatic rings. The average Bonchev–Trinajstić information content (AvgIpc) is 3.08. The third-order valence-corrected chi connectivity index (χ3v) is 5.11. The third-order valence-electron chi connectivity index (χ3n) is 5.11. The number of para-hydroxylation sites is 1. The van der Waals surface area contributed by atoms with Crippen molar-refractivity contribution in [1.82, 2.24) is 0 Å². The number of anilines is 2. The lowest BCUT2D eigenvalue weighted by Crippen LogP contribution is -2.27. The Morgan fingerprint density at radius 2 is 1.87 bits per heavy atom. The molecule has 0 saturated carbocycles. The molecule has 7 N–H and O–H groups in total. The van der Waals surface area contributed by atoms with Crippen molar-refractivity contribution in [2.24, 2.45) is 11.5 Å². The van der Waals surface area contributed by atoms with Crippen LogP contribution >= 0.6 is 0 Å². The van der Waals surface area contributed by atoms with Crippen molar-refractivity contribution in [2.75, 3.05) is 16.8 Å². The summed E-state index contributed by atoms with van der Waals surface area (Å²) >= 11 is 0. The summed E-state index contributed by atoms with van der Waals surface area (Å²) in [4.78, 5) is 37.3. The number of carbonyl (C=O) groups excluding carboxylic acids is 2. The molecule has 1 aliphatic rings. The van der Waals surface area contributed by atoms with Gasteiger partial charge in [0, 0.05) is 29.9 Å². The SMILES string of the molecule is N=C(N)c1ccc(N2CCC(c3cccc(CCC(=O)O)c3NC(N)=O)C2=O)cc1. The summed E-state index contributed by atoms with van der Waals surface area (Å²) in [5, 5.41) is 19.0. The number of hydrogen-bond donors (Lipinski definition) is 5. The number of nitrogens with two attached hydrogens (primary N) is 2. The molecular weight excluding hydrogens is 386 g/mol. The van der Waals surface area contributed by atoms with E-state index in [1.807, 2.05) is 0 Å². The molecule has 1 aliphatic heterocycles. The Kier molecular flexibility index (Phi) is 6.01. The van der Waals surface area contributed by atoms with E-state index < -0.39 is 17.9 Å². The molecule has 1 heterocycles. The Labute approximate surface area is 173 Å². The summed E-state index contributed by atoms with van der Waals surface area (Å²) in [5.41, 5.74) is 13.7. The van der Waals surface area contributed by atoms with Crippen LogP contribution in [0.5, 0.6) is 0 Å². The number of amidine groups is 1. The van der Waals surface area contributed by atoms with Gasteiger partial charge in [0.25, 0.3) is 0 Å². The molecule has 3 amide bonds. The minimum absolute atomic E-state index is 0.0486. The average molecular weight is 409 g/mol. The van der Waals surface area contributed by atoms with E-state index in [-0.39, 0.29) is 24.6 Å². The van der Waals surface area contributed by atoms with E-state index in [1.165, 1.54) is 0 Å². The predicted molar refractivity (Wildman–Crippen MR) is 113 cm³/mol. The quantitative estimate of drug-likeness (QED) is 0.348. The molecule has 156 valence electrons. The molecule has 30 heavy (non-hydrogen) atoms. The maximum Gasteiger partial charge on any atom is 0.316 e. The fourth-order valence-electron chi connectivity index (χ4n) is 3.68. The Balaban J connectivity index is 1.90. The largest absolute Gasteiger partial charge is 0.481 e. The second kappa shape index (κ2) is 8.64. The molecule has 9 nitrogen and oxygen atoms in total. The predicted octanol–water partition coefficient (Wildman–Crippen LogP) is 2.00. The zero-order valence-electron chi connectivity index (χ0n) is 16.2. The first-order chi connectivity index (χ1) is 14.3.